The lowest BCUT2D eigenvalue weighted by molar-refractivity contribution is -0.159. The van der Waals surface area contributed by atoms with Crippen LogP contribution >= 0.6 is 15.9 Å². The fourth-order valence-corrected chi connectivity index (χ4v) is 4.24. The maximum atomic E-state index is 12.7. The molecule has 2 fully saturated rings. The van der Waals surface area contributed by atoms with Gasteiger partial charge in [-0.25, -0.2) is 9.97 Å². The highest BCUT2D eigenvalue weighted by atomic mass is 79.9. The molecule has 2 N–H and O–H groups in total. The summed E-state index contributed by atoms with van der Waals surface area (Å²) in [5, 5.41) is 0. The van der Waals surface area contributed by atoms with Gasteiger partial charge in [-0.1, -0.05) is 0 Å². The van der Waals surface area contributed by atoms with Gasteiger partial charge in [0.15, 0.2) is 5.82 Å². The minimum Gasteiger partial charge on any atom is -0.382 e. The zero-order valence-electron chi connectivity index (χ0n) is 15.1. The lowest BCUT2D eigenvalue weighted by atomic mass is 10.0. The molecule has 4 rings (SSSR count). The lowest BCUT2D eigenvalue weighted by Crippen LogP contribution is -2.64. The van der Waals surface area contributed by atoms with Crippen LogP contribution in [-0.4, -0.2) is 67.9 Å². The van der Waals surface area contributed by atoms with E-state index < -0.39 is 0 Å². The van der Waals surface area contributed by atoms with E-state index in [0.717, 1.165) is 17.9 Å². The summed E-state index contributed by atoms with van der Waals surface area (Å²) in [4.78, 5) is 25.6. The number of rotatable bonds is 1. The van der Waals surface area contributed by atoms with Crippen molar-refractivity contribution in [2.75, 3.05) is 32.0 Å². The number of fused-ring (bicyclic) bond motifs is 2. The number of halogens is 1. The van der Waals surface area contributed by atoms with Crippen molar-refractivity contribution in [1.82, 2.24) is 24.2 Å². The predicted octanol–water partition coefficient (Wildman–Crippen LogP) is 1.46. The van der Waals surface area contributed by atoms with Gasteiger partial charge in [0, 0.05) is 24.5 Å². The predicted molar refractivity (Wildman–Crippen MR) is 101 cm³/mol. The second-order valence-corrected chi connectivity index (χ2v) is 8.62. The number of hydrogen-bond acceptors (Lipinski definition) is 6. The molecular formula is C17H23BrN6O2. The minimum atomic E-state index is -0.294. The monoisotopic (exact) mass is 422 g/mol. The maximum Gasteiger partial charge on any atom is 0.237 e. The Kier molecular flexibility index (Phi) is 4.20. The fourth-order valence-electron chi connectivity index (χ4n) is 3.66. The molecule has 26 heavy (non-hydrogen) atoms. The van der Waals surface area contributed by atoms with Gasteiger partial charge in [0.05, 0.1) is 25.7 Å². The summed E-state index contributed by atoms with van der Waals surface area (Å²) < 4.78 is 8.63. The van der Waals surface area contributed by atoms with Crippen molar-refractivity contribution in [3.8, 4) is 0 Å². The first-order valence-electron chi connectivity index (χ1n) is 8.69. The van der Waals surface area contributed by atoms with E-state index in [0.29, 0.717) is 30.1 Å². The van der Waals surface area contributed by atoms with Gasteiger partial charge in [-0.3, -0.25) is 14.1 Å². The minimum absolute atomic E-state index is 0.0344. The molecule has 0 spiro atoms. The van der Waals surface area contributed by atoms with E-state index in [1.807, 2.05) is 15.5 Å². The number of imidazole rings is 1. The van der Waals surface area contributed by atoms with Gasteiger partial charge in [-0.2, -0.15) is 0 Å². The highest BCUT2D eigenvalue weighted by Gasteiger charge is 2.41. The third kappa shape index (κ3) is 2.87. The number of nitrogens with two attached hydrogens (primary N) is 1. The average molecular weight is 423 g/mol. The van der Waals surface area contributed by atoms with Gasteiger partial charge in [0.2, 0.25) is 5.91 Å². The second kappa shape index (κ2) is 6.17. The Hall–Kier alpha value is -1.71. The van der Waals surface area contributed by atoms with Crippen LogP contribution in [0, 0.1) is 0 Å². The van der Waals surface area contributed by atoms with Crippen molar-refractivity contribution >= 4 is 33.2 Å². The van der Waals surface area contributed by atoms with E-state index in [1.54, 1.807) is 6.20 Å². The summed E-state index contributed by atoms with van der Waals surface area (Å²) >= 11 is 3.45. The molecule has 0 radical (unpaired) electrons. The van der Waals surface area contributed by atoms with Crippen LogP contribution in [0.2, 0.25) is 0 Å². The largest absolute Gasteiger partial charge is 0.382 e. The molecule has 2 saturated heterocycles. The number of carbonyl (C=O) groups is 1. The van der Waals surface area contributed by atoms with Crippen molar-refractivity contribution < 1.29 is 9.53 Å². The molecule has 9 heteroatoms. The molecule has 2 aliphatic rings. The number of morpholine rings is 1. The highest BCUT2D eigenvalue weighted by Crippen LogP contribution is 2.32. The van der Waals surface area contributed by atoms with Gasteiger partial charge in [0.1, 0.15) is 22.0 Å². The van der Waals surface area contributed by atoms with Crippen LogP contribution in [0.15, 0.2) is 17.0 Å². The van der Waals surface area contributed by atoms with Crippen LogP contribution in [0.5, 0.6) is 0 Å². The van der Waals surface area contributed by atoms with Gasteiger partial charge in [-0.15, -0.1) is 0 Å². The van der Waals surface area contributed by atoms with Crippen molar-refractivity contribution in [3.05, 3.63) is 22.8 Å². The van der Waals surface area contributed by atoms with Crippen molar-refractivity contribution in [2.45, 2.75) is 38.5 Å². The molecule has 0 aromatic carbocycles. The molecule has 8 nitrogen and oxygen atoms in total. The zero-order valence-corrected chi connectivity index (χ0v) is 16.7. The Balaban J connectivity index is 1.60. The summed E-state index contributed by atoms with van der Waals surface area (Å²) in [7, 11) is 0. The third-order valence-electron chi connectivity index (χ3n) is 5.18. The standard InChI is InChI=1S/C17H23BrN6O2/c1-17(2,3)22-6-10-9-26-11(7-24(10)12(25)8-22)16-21-14(18)13-15(19)20-4-5-23(13)16/h4-5,10-11H,6-9H2,1-3H3,(H2,19,20)/t10-,11-/m1/s1. The van der Waals surface area contributed by atoms with Gasteiger partial charge in [0.25, 0.3) is 0 Å². The summed E-state index contributed by atoms with van der Waals surface area (Å²) in [6, 6.07) is 0.0770. The molecule has 0 unspecified atom stereocenters. The molecule has 2 aromatic heterocycles. The quantitative estimate of drug-likeness (QED) is 0.747. The van der Waals surface area contributed by atoms with Gasteiger partial charge >= 0.3 is 0 Å². The van der Waals surface area contributed by atoms with Crippen molar-refractivity contribution in [3.63, 3.8) is 0 Å². The van der Waals surface area contributed by atoms with Crippen LogP contribution < -0.4 is 5.73 Å². The Bertz CT molecular complexity index is 861. The number of carbonyl (C=O) groups excluding carboxylic acids is 1. The molecule has 2 atom stereocenters. The number of nitrogen functional groups attached to an aromatic ring is 1. The zero-order chi connectivity index (χ0) is 18.6. The smallest absolute Gasteiger partial charge is 0.237 e. The molecule has 1 amide bonds. The number of aromatic nitrogens is 3. The third-order valence-corrected chi connectivity index (χ3v) is 5.73. The summed E-state index contributed by atoms with van der Waals surface area (Å²) in [5.74, 6) is 1.28. The number of hydrogen-bond donors (Lipinski definition) is 1. The van der Waals surface area contributed by atoms with E-state index in [2.05, 4.69) is 51.6 Å². The molecule has 140 valence electrons. The van der Waals surface area contributed by atoms with Crippen LogP contribution in [-0.2, 0) is 9.53 Å². The van der Waals surface area contributed by atoms with E-state index in [4.69, 9.17) is 10.5 Å². The highest BCUT2D eigenvalue weighted by molar-refractivity contribution is 9.10. The summed E-state index contributed by atoms with van der Waals surface area (Å²) in [6.45, 7) is 8.66. The SMILES string of the molecule is CC(C)(C)N1CC(=O)N2C[C@H](c3nc(Br)c4c(N)nccn34)OC[C@H]2C1. The summed E-state index contributed by atoms with van der Waals surface area (Å²) in [6.07, 6.45) is 3.16. The number of nitrogens with zero attached hydrogens (tertiary/aromatic N) is 5. The lowest BCUT2D eigenvalue weighted by Gasteiger charge is -2.49. The molecule has 2 aromatic rings. The number of ether oxygens (including phenoxy) is 1. The number of piperazine rings is 1. The van der Waals surface area contributed by atoms with E-state index in [1.165, 1.54) is 0 Å². The average Bonchev–Trinajstić information content (AvgIpc) is 2.92. The second-order valence-electron chi connectivity index (χ2n) is 7.87. The first kappa shape index (κ1) is 17.7. The Morgan fingerprint density at radius 2 is 2.12 bits per heavy atom. The van der Waals surface area contributed by atoms with Gasteiger partial charge in [-0.05, 0) is 36.7 Å². The van der Waals surface area contributed by atoms with Crippen molar-refractivity contribution in [1.29, 1.82) is 0 Å². The Labute approximate surface area is 160 Å². The van der Waals surface area contributed by atoms with E-state index in [-0.39, 0.29) is 23.6 Å². The van der Waals surface area contributed by atoms with E-state index >= 15 is 0 Å². The van der Waals surface area contributed by atoms with Crippen LogP contribution in [0.25, 0.3) is 5.52 Å². The molecule has 2 aliphatic heterocycles. The van der Waals surface area contributed by atoms with Crippen LogP contribution in [0.3, 0.4) is 0 Å². The maximum absolute atomic E-state index is 12.7. The molecule has 0 saturated carbocycles. The molecule has 0 aliphatic carbocycles. The first-order valence-corrected chi connectivity index (χ1v) is 9.49. The molecular weight excluding hydrogens is 400 g/mol. The van der Waals surface area contributed by atoms with Crippen molar-refractivity contribution in [2.24, 2.45) is 0 Å². The van der Waals surface area contributed by atoms with Crippen LogP contribution in [0.1, 0.15) is 32.7 Å². The number of anilines is 1. The van der Waals surface area contributed by atoms with E-state index in [9.17, 15) is 4.79 Å². The first-order chi connectivity index (χ1) is 12.3. The fraction of sp³-hybridized carbons (Fsp3) is 0.588. The Morgan fingerprint density at radius 3 is 2.85 bits per heavy atom. The Morgan fingerprint density at radius 1 is 1.35 bits per heavy atom. The topological polar surface area (TPSA) is 89.0 Å². The normalized spacial score (nSPS) is 24.9. The molecule has 0 bridgehead atoms. The van der Waals surface area contributed by atoms with Gasteiger partial charge < -0.3 is 15.4 Å². The number of amides is 1. The van der Waals surface area contributed by atoms with Crippen LogP contribution in [0.4, 0.5) is 5.82 Å². The summed E-state index contributed by atoms with van der Waals surface area (Å²) in [5.41, 5.74) is 6.66. The molecule has 4 heterocycles.